The average Bonchev–Trinajstić information content (AvgIpc) is 3.04. The molecule has 0 spiro atoms. The van der Waals surface area contributed by atoms with E-state index in [4.69, 9.17) is 4.42 Å². The maximum Gasteiger partial charge on any atom is 0.256 e. The Morgan fingerprint density at radius 3 is 2.46 bits per heavy atom. The molecule has 0 bridgehead atoms. The molecule has 122 valence electrons. The Hall–Kier alpha value is -2.40. The molecule has 3 nitrogen and oxygen atoms in total. The number of aryl methyl sites for hydroxylation is 1. The molecule has 1 unspecified atom stereocenters. The van der Waals surface area contributed by atoms with Gasteiger partial charge in [-0.3, -0.25) is 4.79 Å². The van der Waals surface area contributed by atoms with Crippen LogP contribution in [0.1, 0.15) is 22.8 Å². The van der Waals surface area contributed by atoms with Crippen molar-refractivity contribution in [2.24, 2.45) is 0 Å². The van der Waals surface area contributed by atoms with Crippen molar-refractivity contribution in [3.8, 4) is 11.3 Å². The van der Waals surface area contributed by atoms with E-state index in [-0.39, 0.29) is 16.9 Å². The summed E-state index contributed by atoms with van der Waals surface area (Å²) in [5.74, 6) is 0.277. The van der Waals surface area contributed by atoms with Crippen molar-refractivity contribution in [2.75, 3.05) is 0 Å². The summed E-state index contributed by atoms with van der Waals surface area (Å²) in [6, 6.07) is 13.5. The van der Waals surface area contributed by atoms with Crippen LogP contribution in [-0.2, 0) is 0 Å². The Morgan fingerprint density at radius 1 is 1.12 bits per heavy atom. The lowest BCUT2D eigenvalue weighted by molar-refractivity contribution is 0.0993. The molecular weight excluding hydrogens is 325 g/mol. The van der Waals surface area contributed by atoms with Gasteiger partial charge in [-0.05, 0) is 38.1 Å². The molecule has 0 fully saturated rings. The summed E-state index contributed by atoms with van der Waals surface area (Å²) >= 11 is 1.27. The third-order valence-corrected chi connectivity index (χ3v) is 4.55. The first-order valence-corrected chi connectivity index (χ1v) is 8.40. The molecule has 0 aliphatic rings. The summed E-state index contributed by atoms with van der Waals surface area (Å²) in [6.45, 7) is 3.81. The summed E-state index contributed by atoms with van der Waals surface area (Å²) < 4.78 is 18.6. The fourth-order valence-electron chi connectivity index (χ4n) is 2.22. The second-order valence-electron chi connectivity index (χ2n) is 5.49. The molecule has 3 rings (SSSR count). The molecule has 2 aromatic carbocycles. The summed E-state index contributed by atoms with van der Waals surface area (Å²) in [5, 5.41) is 0.106. The number of thioether (sulfide) groups is 1. The zero-order valence-corrected chi connectivity index (χ0v) is 14.1. The van der Waals surface area contributed by atoms with Crippen molar-refractivity contribution in [3.63, 3.8) is 0 Å². The molecule has 0 saturated heterocycles. The van der Waals surface area contributed by atoms with Crippen LogP contribution in [0.25, 0.3) is 11.3 Å². The van der Waals surface area contributed by atoms with E-state index in [0.29, 0.717) is 16.5 Å². The van der Waals surface area contributed by atoms with E-state index < -0.39 is 0 Å². The van der Waals surface area contributed by atoms with Crippen LogP contribution < -0.4 is 0 Å². The van der Waals surface area contributed by atoms with Gasteiger partial charge >= 0.3 is 0 Å². The van der Waals surface area contributed by atoms with Crippen molar-refractivity contribution < 1.29 is 13.6 Å². The van der Waals surface area contributed by atoms with E-state index in [1.807, 2.05) is 38.1 Å². The smallest absolute Gasteiger partial charge is 0.256 e. The number of carbonyl (C=O) groups is 1. The first-order valence-electron chi connectivity index (χ1n) is 7.52. The minimum absolute atomic E-state index is 0.0292. The second kappa shape index (κ2) is 7.01. The number of benzene rings is 2. The standard InChI is InChI=1S/C19H16FNO2S/c1-12-3-5-15(6-4-12)18(22)13(2)24-19-21-11-17(23-19)14-7-9-16(20)10-8-14/h3-11,13H,1-2H3. The SMILES string of the molecule is Cc1ccc(C(=O)C(C)Sc2ncc(-c3ccc(F)cc3)o2)cc1. The number of nitrogens with zero attached hydrogens (tertiary/aromatic N) is 1. The Morgan fingerprint density at radius 2 is 1.79 bits per heavy atom. The van der Waals surface area contributed by atoms with Gasteiger partial charge in [-0.1, -0.05) is 41.6 Å². The first-order chi connectivity index (χ1) is 11.5. The summed E-state index contributed by atoms with van der Waals surface area (Å²) in [7, 11) is 0. The van der Waals surface area contributed by atoms with Crippen molar-refractivity contribution in [1.29, 1.82) is 0 Å². The molecule has 3 aromatic rings. The van der Waals surface area contributed by atoms with Gasteiger partial charge in [0.05, 0.1) is 11.4 Å². The van der Waals surface area contributed by atoms with E-state index in [2.05, 4.69) is 4.98 Å². The number of Topliss-reactive ketones (excluding diaryl/α,β-unsaturated/α-hetero) is 1. The van der Waals surface area contributed by atoms with Gasteiger partial charge in [0.1, 0.15) is 5.82 Å². The Bertz CT molecular complexity index is 841. The van der Waals surface area contributed by atoms with E-state index in [1.54, 1.807) is 18.3 Å². The monoisotopic (exact) mass is 341 g/mol. The molecule has 1 heterocycles. The van der Waals surface area contributed by atoms with E-state index >= 15 is 0 Å². The minimum atomic E-state index is -0.313. The van der Waals surface area contributed by atoms with Crippen LogP contribution in [0.3, 0.4) is 0 Å². The summed E-state index contributed by atoms with van der Waals surface area (Å²) in [4.78, 5) is 16.6. The van der Waals surface area contributed by atoms with Gasteiger partial charge in [0.2, 0.25) is 0 Å². The average molecular weight is 341 g/mol. The molecule has 0 N–H and O–H groups in total. The molecule has 0 aliphatic heterocycles. The predicted molar refractivity (Wildman–Crippen MR) is 92.7 cm³/mol. The molecule has 0 aliphatic carbocycles. The highest BCUT2D eigenvalue weighted by Gasteiger charge is 2.19. The highest BCUT2D eigenvalue weighted by molar-refractivity contribution is 8.00. The first kappa shape index (κ1) is 16.5. The molecule has 5 heteroatoms. The zero-order valence-electron chi connectivity index (χ0n) is 13.3. The number of carbonyl (C=O) groups excluding carboxylic acids is 1. The van der Waals surface area contributed by atoms with E-state index in [0.717, 1.165) is 11.1 Å². The van der Waals surface area contributed by atoms with Gasteiger partial charge in [0.15, 0.2) is 11.5 Å². The number of rotatable bonds is 5. The highest BCUT2D eigenvalue weighted by atomic mass is 32.2. The van der Waals surface area contributed by atoms with Gasteiger partial charge in [0.25, 0.3) is 5.22 Å². The largest absolute Gasteiger partial charge is 0.431 e. The van der Waals surface area contributed by atoms with Crippen molar-refractivity contribution in [1.82, 2.24) is 4.98 Å². The normalized spacial score (nSPS) is 12.1. The fraction of sp³-hybridized carbons (Fsp3) is 0.158. The number of oxazole rings is 1. The van der Waals surface area contributed by atoms with Gasteiger partial charge in [-0.2, -0.15) is 0 Å². The molecule has 1 aromatic heterocycles. The Labute approximate surface area is 143 Å². The topological polar surface area (TPSA) is 43.1 Å². The van der Waals surface area contributed by atoms with Crippen LogP contribution >= 0.6 is 11.8 Å². The second-order valence-corrected chi connectivity index (χ2v) is 6.78. The maximum absolute atomic E-state index is 13.0. The minimum Gasteiger partial charge on any atom is -0.431 e. The zero-order chi connectivity index (χ0) is 17.1. The van der Waals surface area contributed by atoms with Gasteiger partial charge in [0, 0.05) is 11.1 Å². The quantitative estimate of drug-likeness (QED) is 0.475. The van der Waals surface area contributed by atoms with Crippen LogP contribution in [0.4, 0.5) is 4.39 Å². The lowest BCUT2D eigenvalue weighted by Gasteiger charge is -2.07. The lowest BCUT2D eigenvalue weighted by atomic mass is 10.1. The van der Waals surface area contributed by atoms with Crippen LogP contribution in [-0.4, -0.2) is 16.0 Å². The molecule has 0 amide bonds. The number of hydrogen-bond acceptors (Lipinski definition) is 4. The third kappa shape index (κ3) is 3.74. The summed E-state index contributed by atoms with van der Waals surface area (Å²) in [6.07, 6.45) is 1.58. The van der Waals surface area contributed by atoms with E-state index in [9.17, 15) is 9.18 Å². The predicted octanol–water partition coefficient (Wildman–Crippen LogP) is 5.15. The number of aromatic nitrogens is 1. The molecular formula is C19H16FNO2S. The van der Waals surface area contributed by atoms with Gasteiger partial charge < -0.3 is 4.42 Å². The lowest BCUT2D eigenvalue weighted by Crippen LogP contribution is -2.13. The van der Waals surface area contributed by atoms with Crippen LogP contribution in [0, 0.1) is 12.7 Å². The highest BCUT2D eigenvalue weighted by Crippen LogP contribution is 2.29. The number of ketones is 1. The fourth-order valence-corrected chi connectivity index (χ4v) is 3.01. The summed E-state index contributed by atoms with van der Waals surface area (Å²) in [5.41, 5.74) is 2.53. The van der Waals surface area contributed by atoms with Crippen LogP contribution in [0.5, 0.6) is 0 Å². The Balaban J connectivity index is 1.70. The Kier molecular flexibility index (Phi) is 4.81. The van der Waals surface area contributed by atoms with Gasteiger partial charge in [-0.15, -0.1) is 0 Å². The molecule has 0 radical (unpaired) electrons. The number of hydrogen-bond donors (Lipinski definition) is 0. The van der Waals surface area contributed by atoms with Crippen molar-refractivity contribution in [2.45, 2.75) is 24.3 Å². The van der Waals surface area contributed by atoms with E-state index in [1.165, 1.54) is 23.9 Å². The molecule has 24 heavy (non-hydrogen) atoms. The van der Waals surface area contributed by atoms with Crippen LogP contribution in [0.15, 0.2) is 64.4 Å². The van der Waals surface area contributed by atoms with Crippen LogP contribution in [0.2, 0.25) is 0 Å². The molecule has 0 saturated carbocycles. The maximum atomic E-state index is 13.0. The van der Waals surface area contributed by atoms with Crippen molar-refractivity contribution in [3.05, 3.63) is 71.7 Å². The van der Waals surface area contributed by atoms with Crippen molar-refractivity contribution >= 4 is 17.5 Å². The number of halogens is 1. The third-order valence-electron chi connectivity index (χ3n) is 3.60. The molecule has 1 atom stereocenters. The van der Waals surface area contributed by atoms with Gasteiger partial charge in [-0.25, -0.2) is 9.37 Å².